The molecule has 110 valence electrons. The SMILES string of the molecule is CC1CC2(CCC2)CN1C(=O)c1cc2c(Cl)cccc2[nH]1. The van der Waals surface area contributed by atoms with E-state index in [2.05, 4.69) is 11.9 Å². The van der Waals surface area contributed by atoms with Crippen molar-refractivity contribution in [3.63, 3.8) is 0 Å². The average Bonchev–Trinajstić information content (AvgIpc) is 3.00. The summed E-state index contributed by atoms with van der Waals surface area (Å²) in [6.45, 7) is 3.08. The van der Waals surface area contributed by atoms with Crippen molar-refractivity contribution in [2.24, 2.45) is 5.41 Å². The minimum atomic E-state index is 0.110. The van der Waals surface area contributed by atoms with Crippen molar-refractivity contribution >= 4 is 28.4 Å². The van der Waals surface area contributed by atoms with E-state index in [-0.39, 0.29) is 5.91 Å². The Hall–Kier alpha value is -1.48. The molecule has 0 radical (unpaired) electrons. The van der Waals surface area contributed by atoms with E-state index in [0.29, 0.717) is 22.2 Å². The standard InChI is InChI=1S/C17H19ClN2O/c1-11-9-17(6-3-7-17)10-20(11)16(21)15-8-12-13(18)4-2-5-14(12)19-15/h2,4-5,8,11,19H,3,6-7,9-10H2,1H3. The summed E-state index contributed by atoms with van der Waals surface area (Å²) in [4.78, 5) is 18.1. The number of rotatable bonds is 1. The maximum absolute atomic E-state index is 12.8. The van der Waals surface area contributed by atoms with Crippen molar-refractivity contribution in [3.8, 4) is 0 Å². The monoisotopic (exact) mass is 302 g/mol. The Bertz CT molecular complexity index is 717. The Morgan fingerprint density at radius 1 is 1.43 bits per heavy atom. The van der Waals surface area contributed by atoms with E-state index in [1.807, 2.05) is 29.2 Å². The van der Waals surface area contributed by atoms with Gasteiger partial charge in [-0.25, -0.2) is 0 Å². The normalized spacial score (nSPS) is 23.7. The topological polar surface area (TPSA) is 36.1 Å². The van der Waals surface area contributed by atoms with Gasteiger partial charge in [0.1, 0.15) is 5.69 Å². The zero-order valence-corrected chi connectivity index (χ0v) is 12.9. The molecule has 1 unspecified atom stereocenters. The number of nitrogens with one attached hydrogen (secondary N) is 1. The van der Waals surface area contributed by atoms with Gasteiger partial charge < -0.3 is 9.88 Å². The molecule has 0 bridgehead atoms. The average molecular weight is 303 g/mol. The maximum Gasteiger partial charge on any atom is 0.270 e. The van der Waals surface area contributed by atoms with Crippen LogP contribution in [0.2, 0.25) is 5.02 Å². The summed E-state index contributed by atoms with van der Waals surface area (Å²) >= 11 is 6.20. The number of nitrogens with zero attached hydrogens (tertiary/aromatic N) is 1. The lowest BCUT2D eigenvalue weighted by atomic mass is 9.68. The highest BCUT2D eigenvalue weighted by molar-refractivity contribution is 6.35. The number of amides is 1. The number of benzene rings is 1. The number of likely N-dealkylation sites (tertiary alicyclic amines) is 1. The van der Waals surface area contributed by atoms with Gasteiger partial charge >= 0.3 is 0 Å². The summed E-state index contributed by atoms with van der Waals surface area (Å²) in [7, 11) is 0. The molecule has 2 aliphatic rings. The van der Waals surface area contributed by atoms with Crippen molar-refractivity contribution in [1.82, 2.24) is 9.88 Å². The van der Waals surface area contributed by atoms with Crippen molar-refractivity contribution in [2.75, 3.05) is 6.54 Å². The van der Waals surface area contributed by atoms with Crippen LogP contribution in [-0.2, 0) is 0 Å². The van der Waals surface area contributed by atoms with Crippen LogP contribution >= 0.6 is 11.6 Å². The fourth-order valence-electron chi connectivity index (χ4n) is 4.02. The lowest BCUT2D eigenvalue weighted by Crippen LogP contribution is -2.37. The van der Waals surface area contributed by atoms with Gasteiger partial charge in [0.15, 0.2) is 0 Å². The van der Waals surface area contributed by atoms with Gasteiger partial charge in [-0.2, -0.15) is 0 Å². The van der Waals surface area contributed by atoms with Crippen molar-refractivity contribution in [1.29, 1.82) is 0 Å². The van der Waals surface area contributed by atoms with Gasteiger partial charge in [-0.05, 0) is 49.8 Å². The molecule has 1 amide bonds. The molecule has 3 nitrogen and oxygen atoms in total. The molecule has 1 aliphatic carbocycles. The summed E-state index contributed by atoms with van der Waals surface area (Å²) < 4.78 is 0. The van der Waals surface area contributed by atoms with Gasteiger partial charge in [0.25, 0.3) is 5.91 Å². The second kappa shape index (κ2) is 4.51. The summed E-state index contributed by atoms with van der Waals surface area (Å²) in [5.74, 6) is 0.110. The third-order valence-electron chi connectivity index (χ3n) is 5.28. The Balaban J connectivity index is 1.65. The number of H-pyrrole nitrogens is 1. The highest BCUT2D eigenvalue weighted by atomic mass is 35.5. The number of hydrogen-bond donors (Lipinski definition) is 1. The summed E-state index contributed by atoms with van der Waals surface area (Å²) in [5.41, 5.74) is 2.00. The van der Waals surface area contributed by atoms with Crippen LogP contribution in [0.5, 0.6) is 0 Å². The van der Waals surface area contributed by atoms with E-state index in [4.69, 9.17) is 11.6 Å². The van der Waals surface area contributed by atoms with Gasteiger partial charge in [-0.15, -0.1) is 0 Å². The zero-order valence-electron chi connectivity index (χ0n) is 12.2. The van der Waals surface area contributed by atoms with Crippen molar-refractivity contribution < 1.29 is 4.79 Å². The molecule has 1 atom stereocenters. The van der Waals surface area contributed by atoms with Crippen LogP contribution in [0.25, 0.3) is 10.9 Å². The first kappa shape index (κ1) is 13.2. The van der Waals surface area contributed by atoms with Gasteiger partial charge in [0.05, 0.1) is 0 Å². The first-order valence-electron chi connectivity index (χ1n) is 7.66. The molecule has 1 N–H and O–H groups in total. The molecule has 2 heterocycles. The number of aromatic nitrogens is 1. The Labute approximate surface area is 129 Å². The second-order valence-corrected chi connectivity index (χ2v) is 7.13. The molecule has 1 spiro atoms. The minimum absolute atomic E-state index is 0.110. The van der Waals surface area contributed by atoms with E-state index < -0.39 is 0 Å². The molecule has 2 aromatic rings. The Morgan fingerprint density at radius 2 is 2.24 bits per heavy atom. The lowest BCUT2D eigenvalue weighted by Gasteiger charge is -2.37. The van der Waals surface area contributed by atoms with Gasteiger partial charge in [0.2, 0.25) is 0 Å². The van der Waals surface area contributed by atoms with E-state index in [1.54, 1.807) is 0 Å². The maximum atomic E-state index is 12.8. The van der Waals surface area contributed by atoms with Gasteiger partial charge in [0, 0.05) is 28.5 Å². The molecule has 21 heavy (non-hydrogen) atoms. The largest absolute Gasteiger partial charge is 0.350 e. The van der Waals surface area contributed by atoms with E-state index in [0.717, 1.165) is 23.9 Å². The van der Waals surface area contributed by atoms with Crippen LogP contribution < -0.4 is 0 Å². The first-order chi connectivity index (χ1) is 10.1. The predicted octanol–water partition coefficient (Wildman–Crippen LogP) is 4.23. The Morgan fingerprint density at radius 3 is 2.86 bits per heavy atom. The molecule has 1 aromatic heterocycles. The fourth-order valence-corrected chi connectivity index (χ4v) is 4.25. The van der Waals surface area contributed by atoms with Crippen LogP contribution in [-0.4, -0.2) is 28.4 Å². The summed E-state index contributed by atoms with van der Waals surface area (Å²) in [6, 6.07) is 7.93. The molecule has 1 aromatic carbocycles. The number of aromatic amines is 1. The molecule has 1 aliphatic heterocycles. The molecule has 4 rings (SSSR count). The zero-order chi connectivity index (χ0) is 14.6. The molecular weight excluding hydrogens is 284 g/mol. The predicted molar refractivity (Wildman–Crippen MR) is 84.7 cm³/mol. The van der Waals surface area contributed by atoms with E-state index >= 15 is 0 Å². The van der Waals surface area contributed by atoms with Crippen LogP contribution in [0.15, 0.2) is 24.3 Å². The van der Waals surface area contributed by atoms with Crippen LogP contribution in [0.1, 0.15) is 43.1 Å². The quantitative estimate of drug-likeness (QED) is 0.841. The fraction of sp³-hybridized carbons (Fsp3) is 0.471. The second-order valence-electron chi connectivity index (χ2n) is 6.72. The third-order valence-corrected chi connectivity index (χ3v) is 5.61. The Kier molecular flexibility index (Phi) is 2.83. The lowest BCUT2D eigenvalue weighted by molar-refractivity contribution is 0.0696. The smallest absolute Gasteiger partial charge is 0.270 e. The number of halogens is 1. The number of carbonyl (C=O) groups excluding carboxylic acids is 1. The molecule has 4 heteroatoms. The van der Waals surface area contributed by atoms with Crippen LogP contribution in [0.3, 0.4) is 0 Å². The summed E-state index contributed by atoms with van der Waals surface area (Å²) in [6.07, 6.45) is 5.02. The van der Waals surface area contributed by atoms with Crippen LogP contribution in [0, 0.1) is 5.41 Å². The van der Waals surface area contributed by atoms with Crippen molar-refractivity contribution in [3.05, 3.63) is 35.0 Å². The number of carbonyl (C=O) groups is 1. The highest BCUT2D eigenvalue weighted by Gasteiger charge is 2.47. The van der Waals surface area contributed by atoms with Gasteiger partial charge in [-0.1, -0.05) is 24.1 Å². The minimum Gasteiger partial charge on any atom is -0.350 e. The third kappa shape index (κ3) is 1.98. The van der Waals surface area contributed by atoms with Crippen molar-refractivity contribution in [2.45, 2.75) is 38.6 Å². The molecule has 2 fully saturated rings. The first-order valence-corrected chi connectivity index (χ1v) is 8.04. The molecule has 1 saturated carbocycles. The van der Waals surface area contributed by atoms with E-state index in [1.165, 1.54) is 19.3 Å². The molecular formula is C17H19ClN2O. The summed E-state index contributed by atoms with van der Waals surface area (Å²) in [5, 5.41) is 1.61. The van der Waals surface area contributed by atoms with E-state index in [9.17, 15) is 4.79 Å². The molecule has 1 saturated heterocycles. The highest BCUT2D eigenvalue weighted by Crippen LogP contribution is 2.50. The number of fused-ring (bicyclic) bond motifs is 1. The van der Waals surface area contributed by atoms with Crippen LogP contribution in [0.4, 0.5) is 0 Å². The number of hydrogen-bond acceptors (Lipinski definition) is 1. The van der Waals surface area contributed by atoms with Gasteiger partial charge in [-0.3, -0.25) is 4.79 Å².